The Balaban J connectivity index is 4.34. The third kappa shape index (κ3) is 6.59. The summed E-state index contributed by atoms with van der Waals surface area (Å²) in [5, 5.41) is 8.64. The van der Waals surface area contributed by atoms with Gasteiger partial charge in [-0.15, -0.1) is 0 Å². The van der Waals surface area contributed by atoms with Crippen LogP contribution in [0.5, 0.6) is 0 Å². The van der Waals surface area contributed by atoms with Crippen molar-refractivity contribution in [3.63, 3.8) is 0 Å². The molecular formula is C8H16F3N3O2. The Labute approximate surface area is 91.4 Å². The molecule has 0 rings (SSSR count). The van der Waals surface area contributed by atoms with Gasteiger partial charge in [-0.25, -0.2) is 5.84 Å². The number of rotatable bonds is 6. The largest absolute Gasteiger partial charge is 0.401 e. The van der Waals surface area contributed by atoms with Crippen LogP contribution < -0.4 is 11.3 Å². The molecule has 1 atom stereocenters. The van der Waals surface area contributed by atoms with Crippen molar-refractivity contribution in [1.29, 1.82) is 0 Å². The van der Waals surface area contributed by atoms with Gasteiger partial charge in [0.15, 0.2) is 0 Å². The zero-order valence-electron chi connectivity index (χ0n) is 8.92. The van der Waals surface area contributed by atoms with E-state index in [0.717, 1.165) is 4.90 Å². The highest BCUT2D eigenvalue weighted by molar-refractivity contribution is 5.75. The smallest absolute Gasteiger partial charge is 0.395 e. The lowest BCUT2D eigenvalue weighted by atomic mass is 10.2. The average molecular weight is 243 g/mol. The first-order valence-electron chi connectivity index (χ1n) is 4.71. The van der Waals surface area contributed by atoms with E-state index in [1.165, 1.54) is 6.92 Å². The molecule has 0 heterocycles. The first-order chi connectivity index (χ1) is 7.30. The number of aliphatic hydroxyl groups excluding tert-OH is 1. The zero-order valence-corrected chi connectivity index (χ0v) is 8.92. The van der Waals surface area contributed by atoms with Gasteiger partial charge in [-0.05, 0) is 6.92 Å². The van der Waals surface area contributed by atoms with Crippen molar-refractivity contribution in [2.24, 2.45) is 5.84 Å². The predicted octanol–water partition coefficient (Wildman–Crippen LogP) is -0.388. The van der Waals surface area contributed by atoms with Gasteiger partial charge < -0.3 is 5.11 Å². The lowest BCUT2D eigenvalue weighted by Crippen LogP contribution is -2.44. The van der Waals surface area contributed by atoms with Gasteiger partial charge in [0.2, 0.25) is 5.91 Å². The van der Waals surface area contributed by atoms with Crippen LogP contribution in [0, 0.1) is 0 Å². The van der Waals surface area contributed by atoms with Crippen molar-refractivity contribution in [3.05, 3.63) is 0 Å². The summed E-state index contributed by atoms with van der Waals surface area (Å²) in [5.74, 6) is 4.29. The summed E-state index contributed by atoms with van der Waals surface area (Å²) in [6.07, 6.45) is -4.50. The van der Waals surface area contributed by atoms with Crippen molar-refractivity contribution in [2.75, 3.05) is 19.7 Å². The molecular weight excluding hydrogens is 227 g/mol. The molecule has 4 N–H and O–H groups in total. The monoisotopic (exact) mass is 243 g/mol. The Morgan fingerprint density at radius 1 is 1.56 bits per heavy atom. The van der Waals surface area contributed by atoms with E-state index in [2.05, 4.69) is 0 Å². The van der Waals surface area contributed by atoms with Crippen LogP contribution >= 0.6 is 0 Å². The molecule has 0 bridgehead atoms. The maximum Gasteiger partial charge on any atom is 0.401 e. The number of nitrogens with one attached hydrogen (secondary N) is 1. The lowest BCUT2D eigenvalue weighted by Gasteiger charge is -2.28. The Kier molecular flexibility index (Phi) is 6.31. The maximum atomic E-state index is 12.2. The molecule has 0 aromatic rings. The second kappa shape index (κ2) is 6.66. The van der Waals surface area contributed by atoms with E-state index in [-0.39, 0.29) is 13.0 Å². The number of aliphatic hydroxyl groups is 1. The summed E-state index contributed by atoms with van der Waals surface area (Å²) in [5.41, 5.74) is 1.85. The molecule has 0 saturated heterocycles. The normalized spacial score (nSPS) is 13.9. The van der Waals surface area contributed by atoms with Crippen molar-refractivity contribution >= 4 is 5.91 Å². The van der Waals surface area contributed by atoms with Gasteiger partial charge in [0.25, 0.3) is 0 Å². The predicted molar refractivity (Wildman–Crippen MR) is 51.1 cm³/mol. The van der Waals surface area contributed by atoms with Gasteiger partial charge in [-0.2, -0.15) is 13.2 Å². The van der Waals surface area contributed by atoms with Crippen LogP contribution in [0.4, 0.5) is 13.2 Å². The van der Waals surface area contributed by atoms with Gasteiger partial charge in [-0.3, -0.25) is 15.1 Å². The maximum absolute atomic E-state index is 12.2. The summed E-state index contributed by atoms with van der Waals surface area (Å²) < 4.78 is 36.5. The van der Waals surface area contributed by atoms with Crippen LogP contribution in [0.1, 0.15) is 13.3 Å². The van der Waals surface area contributed by atoms with E-state index in [4.69, 9.17) is 10.9 Å². The Morgan fingerprint density at radius 3 is 2.50 bits per heavy atom. The quantitative estimate of drug-likeness (QED) is 0.337. The fourth-order valence-electron chi connectivity index (χ4n) is 1.27. The summed E-state index contributed by atoms with van der Waals surface area (Å²) >= 11 is 0. The molecule has 0 spiro atoms. The van der Waals surface area contributed by atoms with Crippen molar-refractivity contribution in [3.8, 4) is 0 Å². The number of hydrazine groups is 1. The van der Waals surface area contributed by atoms with Gasteiger partial charge >= 0.3 is 6.18 Å². The first-order valence-corrected chi connectivity index (χ1v) is 4.71. The third-order valence-corrected chi connectivity index (χ3v) is 2.03. The molecule has 0 fully saturated rings. The number of alkyl halides is 3. The highest BCUT2D eigenvalue weighted by atomic mass is 19.4. The SMILES string of the molecule is CC(CC(=O)NN)N(CCO)CC(F)(F)F. The topological polar surface area (TPSA) is 78.6 Å². The van der Waals surface area contributed by atoms with Gasteiger partial charge in [0, 0.05) is 19.0 Å². The summed E-state index contributed by atoms with van der Waals surface area (Å²) in [6.45, 7) is -0.230. The van der Waals surface area contributed by atoms with E-state index in [0.29, 0.717) is 0 Å². The van der Waals surface area contributed by atoms with Gasteiger partial charge in [0.05, 0.1) is 13.2 Å². The van der Waals surface area contributed by atoms with Crippen LogP contribution in [-0.2, 0) is 4.79 Å². The van der Waals surface area contributed by atoms with E-state index in [1.54, 1.807) is 0 Å². The van der Waals surface area contributed by atoms with Gasteiger partial charge in [-0.1, -0.05) is 0 Å². The molecule has 0 saturated carbocycles. The molecule has 0 radical (unpaired) electrons. The van der Waals surface area contributed by atoms with Crippen LogP contribution in [0.15, 0.2) is 0 Å². The van der Waals surface area contributed by atoms with E-state index in [1.807, 2.05) is 5.43 Å². The second-order valence-electron chi connectivity index (χ2n) is 3.43. The first kappa shape index (κ1) is 15.1. The molecule has 1 unspecified atom stereocenters. The number of carbonyl (C=O) groups is 1. The molecule has 0 aliphatic heterocycles. The summed E-state index contributed by atoms with van der Waals surface area (Å²) in [7, 11) is 0. The minimum absolute atomic E-state index is 0.140. The number of halogens is 3. The molecule has 0 aliphatic rings. The number of hydrogen-bond acceptors (Lipinski definition) is 4. The minimum Gasteiger partial charge on any atom is -0.395 e. The van der Waals surface area contributed by atoms with Crippen molar-refractivity contribution in [2.45, 2.75) is 25.6 Å². The molecule has 0 aliphatic carbocycles. The van der Waals surface area contributed by atoms with E-state index < -0.39 is 31.3 Å². The average Bonchev–Trinajstić information content (AvgIpc) is 2.14. The third-order valence-electron chi connectivity index (χ3n) is 2.03. The molecule has 5 nitrogen and oxygen atoms in total. The number of nitrogens with two attached hydrogens (primary N) is 1. The highest BCUT2D eigenvalue weighted by Gasteiger charge is 2.32. The number of carbonyl (C=O) groups excluding carboxylic acids is 1. The minimum atomic E-state index is -4.36. The zero-order chi connectivity index (χ0) is 12.8. The highest BCUT2D eigenvalue weighted by Crippen LogP contribution is 2.18. The Morgan fingerprint density at radius 2 is 2.12 bits per heavy atom. The number of hydrogen-bond donors (Lipinski definition) is 3. The van der Waals surface area contributed by atoms with E-state index >= 15 is 0 Å². The van der Waals surface area contributed by atoms with E-state index in [9.17, 15) is 18.0 Å². The molecule has 0 aromatic heterocycles. The number of amides is 1. The van der Waals surface area contributed by atoms with Crippen LogP contribution in [-0.4, -0.2) is 47.8 Å². The summed E-state index contributed by atoms with van der Waals surface area (Å²) in [6, 6.07) is -0.641. The molecule has 16 heavy (non-hydrogen) atoms. The molecule has 96 valence electrons. The fourth-order valence-corrected chi connectivity index (χ4v) is 1.27. The van der Waals surface area contributed by atoms with Gasteiger partial charge in [0.1, 0.15) is 0 Å². The lowest BCUT2D eigenvalue weighted by molar-refractivity contribution is -0.152. The molecule has 0 aromatic carbocycles. The fraction of sp³-hybridized carbons (Fsp3) is 0.875. The standard InChI is InChI=1S/C8H16F3N3O2/c1-6(4-7(16)13-12)14(2-3-15)5-8(9,10)11/h6,15H,2-5,12H2,1H3,(H,13,16). The number of nitrogens with zero attached hydrogens (tertiary/aromatic N) is 1. The van der Waals surface area contributed by atoms with Crippen molar-refractivity contribution < 1.29 is 23.1 Å². The summed E-state index contributed by atoms with van der Waals surface area (Å²) in [4.78, 5) is 11.9. The Bertz CT molecular complexity index is 223. The van der Waals surface area contributed by atoms with Crippen molar-refractivity contribution in [1.82, 2.24) is 10.3 Å². The van der Waals surface area contributed by atoms with Crippen LogP contribution in [0.2, 0.25) is 0 Å². The second-order valence-corrected chi connectivity index (χ2v) is 3.43. The molecule has 8 heteroatoms. The molecule has 1 amide bonds. The van der Waals surface area contributed by atoms with Crippen LogP contribution in [0.3, 0.4) is 0 Å². The Hall–Kier alpha value is -0.860. The van der Waals surface area contributed by atoms with Crippen LogP contribution in [0.25, 0.3) is 0 Å².